The number of nitrogens with one attached hydrogen (secondary N) is 1. The molecule has 0 fully saturated rings. The lowest BCUT2D eigenvalue weighted by atomic mass is 10.1. The summed E-state index contributed by atoms with van der Waals surface area (Å²) >= 11 is 0. The third-order valence-electron chi connectivity index (χ3n) is 4.67. The molecule has 7 nitrogen and oxygen atoms in total. The Bertz CT molecular complexity index is 985. The number of hydrogen-bond donors (Lipinski definition) is 1. The molecule has 0 amide bonds. The van der Waals surface area contributed by atoms with Crippen LogP contribution in [0.3, 0.4) is 0 Å². The molecule has 3 rings (SSSR count). The van der Waals surface area contributed by atoms with Crippen LogP contribution in [0.1, 0.15) is 29.0 Å². The van der Waals surface area contributed by atoms with Gasteiger partial charge in [-0.25, -0.2) is 4.39 Å². The van der Waals surface area contributed by atoms with Crippen LogP contribution in [0, 0.1) is 5.82 Å². The van der Waals surface area contributed by atoms with Gasteiger partial charge in [0, 0.05) is 19.0 Å². The van der Waals surface area contributed by atoms with Crippen LogP contribution in [0.25, 0.3) is 5.69 Å². The lowest BCUT2D eigenvalue weighted by Gasteiger charge is -2.26. The van der Waals surface area contributed by atoms with Crippen LogP contribution in [0.15, 0.2) is 48.5 Å². The first kappa shape index (κ1) is 20.5. The zero-order chi connectivity index (χ0) is 21.0. The Morgan fingerprint density at radius 3 is 2.48 bits per heavy atom. The van der Waals surface area contributed by atoms with Gasteiger partial charge in [-0.2, -0.15) is 4.68 Å². The molecule has 29 heavy (non-hydrogen) atoms. The lowest BCUT2D eigenvalue weighted by Crippen LogP contribution is -2.28. The molecule has 1 N–H and O–H groups in total. The average molecular weight is 397 g/mol. The first-order valence-corrected chi connectivity index (χ1v) is 9.18. The minimum absolute atomic E-state index is 0.209. The second-order valence-electron chi connectivity index (χ2n) is 6.83. The summed E-state index contributed by atoms with van der Waals surface area (Å²) in [6.45, 7) is 1.80. The van der Waals surface area contributed by atoms with Crippen molar-refractivity contribution in [3.05, 3.63) is 65.6 Å². The number of methoxy groups -OCH3 is 1. The molecule has 1 unspecified atom stereocenters. The minimum Gasteiger partial charge on any atom is -0.497 e. The summed E-state index contributed by atoms with van der Waals surface area (Å²) in [7, 11) is 5.35. The molecule has 0 spiro atoms. The van der Waals surface area contributed by atoms with E-state index in [1.807, 2.05) is 31.1 Å². The predicted molar refractivity (Wildman–Crippen MR) is 109 cm³/mol. The number of benzene rings is 2. The SMILES string of the molecule is COc1ccc(-n2nnc(C(C)=O)c2NCC(c2ccccc2F)N(C)C)cc1. The molecule has 1 aromatic heterocycles. The predicted octanol–water partition coefficient (Wildman–Crippen LogP) is 3.33. The van der Waals surface area contributed by atoms with E-state index in [1.165, 1.54) is 13.0 Å². The highest BCUT2D eigenvalue weighted by Crippen LogP contribution is 2.25. The fourth-order valence-corrected chi connectivity index (χ4v) is 3.09. The number of ketones is 1. The molecule has 0 saturated heterocycles. The van der Waals surface area contributed by atoms with Crippen molar-refractivity contribution in [1.82, 2.24) is 19.9 Å². The minimum atomic E-state index is -0.276. The van der Waals surface area contributed by atoms with Gasteiger partial charge in [0.05, 0.1) is 18.8 Å². The van der Waals surface area contributed by atoms with Crippen molar-refractivity contribution in [2.45, 2.75) is 13.0 Å². The molecule has 1 atom stereocenters. The fourth-order valence-electron chi connectivity index (χ4n) is 3.09. The molecule has 1 heterocycles. The van der Waals surface area contributed by atoms with Crippen LogP contribution < -0.4 is 10.1 Å². The van der Waals surface area contributed by atoms with E-state index in [0.29, 0.717) is 23.7 Å². The monoisotopic (exact) mass is 397 g/mol. The number of hydrogen-bond acceptors (Lipinski definition) is 6. The third kappa shape index (κ3) is 4.43. The van der Waals surface area contributed by atoms with Gasteiger partial charge in [0.25, 0.3) is 0 Å². The number of carbonyl (C=O) groups excluding carboxylic acids is 1. The van der Waals surface area contributed by atoms with Crippen molar-refractivity contribution in [3.8, 4) is 11.4 Å². The normalized spacial score (nSPS) is 12.1. The first-order valence-electron chi connectivity index (χ1n) is 9.18. The molecule has 0 aliphatic rings. The Labute approximate surface area is 169 Å². The molecular formula is C21H24FN5O2. The first-order chi connectivity index (χ1) is 13.9. The summed E-state index contributed by atoms with van der Waals surface area (Å²) in [5.41, 5.74) is 1.52. The van der Waals surface area contributed by atoms with E-state index in [9.17, 15) is 9.18 Å². The Morgan fingerprint density at radius 1 is 1.21 bits per heavy atom. The van der Waals surface area contributed by atoms with E-state index in [0.717, 1.165) is 5.69 Å². The van der Waals surface area contributed by atoms with Crippen molar-refractivity contribution < 1.29 is 13.9 Å². The van der Waals surface area contributed by atoms with Crippen molar-refractivity contribution in [1.29, 1.82) is 0 Å². The Kier molecular flexibility index (Phi) is 6.23. The number of halogens is 1. The highest BCUT2D eigenvalue weighted by molar-refractivity contribution is 5.96. The number of aromatic nitrogens is 3. The zero-order valence-corrected chi connectivity index (χ0v) is 16.9. The lowest BCUT2D eigenvalue weighted by molar-refractivity contribution is 0.101. The van der Waals surface area contributed by atoms with Crippen molar-refractivity contribution in [2.75, 3.05) is 33.1 Å². The number of likely N-dealkylation sites (N-methyl/N-ethyl adjacent to an activating group) is 1. The summed E-state index contributed by atoms with van der Waals surface area (Å²) in [6, 6.07) is 13.7. The van der Waals surface area contributed by atoms with Gasteiger partial charge in [-0.1, -0.05) is 23.4 Å². The van der Waals surface area contributed by atoms with Crippen molar-refractivity contribution in [3.63, 3.8) is 0 Å². The maximum absolute atomic E-state index is 14.3. The quantitative estimate of drug-likeness (QED) is 0.588. The number of anilines is 1. The molecule has 152 valence electrons. The van der Waals surface area contributed by atoms with Crippen LogP contribution in [-0.4, -0.2) is 53.4 Å². The van der Waals surface area contributed by atoms with Gasteiger partial charge in [0.15, 0.2) is 17.3 Å². The van der Waals surface area contributed by atoms with Gasteiger partial charge in [0.1, 0.15) is 11.6 Å². The van der Waals surface area contributed by atoms with Crippen LogP contribution in [-0.2, 0) is 0 Å². The molecule has 8 heteroatoms. The van der Waals surface area contributed by atoms with E-state index < -0.39 is 0 Å². The van der Waals surface area contributed by atoms with Gasteiger partial charge in [0.2, 0.25) is 0 Å². The number of Topliss-reactive ketones (excluding diaryl/α,β-unsaturated/α-hetero) is 1. The van der Waals surface area contributed by atoms with E-state index in [2.05, 4.69) is 15.6 Å². The topological polar surface area (TPSA) is 72.3 Å². The van der Waals surface area contributed by atoms with Gasteiger partial charge in [-0.3, -0.25) is 4.79 Å². The standard InChI is InChI=1S/C21H24FN5O2/c1-14(28)20-21(27(25-24-20)15-9-11-16(29-4)12-10-15)23-13-19(26(2)3)17-7-5-6-8-18(17)22/h5-12,19,23H,13H2,1-4H3. The number of carbonyl (C=O) groups is 1. The molecule has 0 aliphatic carbocycles. The Morgan fingerprint density at radius 2 is 1.90 bits per heavy atom. The van der Waals surface area contributed by atoms with Crippen LogP contribution in [0.2, 0.25) is 0 Å². The average Bonchev–Trinajstić information content (AvgIpc) is 3.13. The second-order valence-corrected chi connectivity index (χ2v) is 6.83. The van der Waals surface area contributed by atoms with Gasteiger partial charge >= 0.3 is 0 Å². The fraction of sp³-hybridized carbons (Fsp3) is 0.286. The second kappa shape index (κ2) is 8.83. The molecule has 0 saturated carbocycles. The highest BCUT2D eigenvalue weighted by atomic mass is 19.1. The van der Waals surface area contributed by atoms with Crippen molar-refractivity contribution in [2.24, 2.45) is 0 Å². The van der Waals surface area contributed by atoms with Gasteiger partial charge < -0.3 is 15.0 Å². The van der Waals surface area contributed by atoms with E-state index >= 15 is 0 Å². The van der Waals surface area contributed by atoms with E-state index in [4.69, 9.17) is 4.74 Å². The molecular weight excluding hydrogens is 373 g/mol. The summed E-state index contributed by atoms with van der Waals surface area (Å²) in [6.07, 6.45) is 0. The summed E-state index contributed by atoms with van der Waals surface area (Å²) in [5, 5.41) is 11.4. The number of ether oxygens (including phenoxy) is 1. The summed E-state index contributed by atoms with van der Waals surface area (Å²) in [4.78, 5) is 14.0. The maximum Gasteiger partial charge on any atom is 0.183 e. The molecule has 0 bridgehead atoms. The largest absolute Gasteiger partial charge is 0.497 e. The summed E-state index contributed by atoms with van der Waals surface area (Å²) in [5.74, 6) is 0.689. The van der Waals surface area contributed by atoms with E-state index in [-0.39, 0.29) is 23.3 Å². The Hall–Kier alpha value is -3.26. The van der Waals surface area contributed by atoms with Crippen LogP contribution in [0.4, 0.5) is 10.2 Å². The number of nitrogens with zero attached hydrogens (tertiary/aromatic N) is 4. The van der Waals surface area contributed by atoms with Crippen LogP contribution in [0.5, 0.6) is 5.75 Å². The zero-order valence-electron chi connectivity index (χ0n) is 16.9. The summed E-state index contributed by atoms with van der Waals surface area (Å²) < 4.78 is 21.1. The smallest absolute Gasteiger partial charge is 0.183 e. The number of rotatable bonds is 8. The highest BCUT2D eigenvalue weighted by Gasteiger charge is 2.22. The maximum atomic E-state index is 14.3. The van der Waals surface area contributed by atoms with Crippen LogP contribution >= 0.6 is 0 Å². The Balaban J connectivity index is 1.93. The molecule has 0 radical (unpaired) electrons. The van der Waals surface area contributed by atoms with E-state index in [1.54, 1.807) is 42.1 Å². The molecule has 3 aromatic rings. The third-order valence-corrected chi connectivity index (χ3v) is 4.67. The molecule has 2 aromatic carbocycles. The van der Waals surface area contributed by atoms with Crippen molar-refractivity contribution >= 4 is 11.6 Å². The molecule has 0 aliphatic heterocycles. The van der Waals surface area contributed by atoms with Gasteiger partial charge in [-0.05, 0) is 44.4 Å². The van der Waals surface area contributed by atoms with Gasteiger partial charge in [-0.15, -0.1) is 5.10 Å².